The molecule has 13 heavy (non-hydrogen) atoms. The van der Waals surface area contributed by atoms with Gasteiger partial charge in [-0.1, -0.05) is 12.2 Å². The van der Waals surface area contributed by atoms with Crippen molar-refractivity contribution in [3.8, 4) is 0 Å². The molecule has 3 heteroatoms. The lowest BCUT2D eigenvalue weighted by Gasteiger charge is -1.90. The quantitative estimate of drug-likeness (QED) is 0.629. The van der Waals surface area contributed by atoms with E-state index in [1.807, 2.05) is 32.1 Å². The van der Waals surface area contributed by atoms with E-state index in [1.165, 1.54) is 18.4 Å². The number of thiophene rings is 1. The molecule has 0 fully saturated rings. The van der Waals surface area contributed by atoms with Crippen molar-refractivity contribution in [1.29, 1.82) is 0 Å². The number of hydrogen-bond acceptors (Lipinski definition) is 3. The second-order valence-electron chi connectivity index (χ2n) is 2.50. The molecule has 1 aromatic rings. The molecule has 70 valence electrons. The van der Waals surface area contributed by atoms with Crippen molar-refractivity contribution >= 4 is 29.5 Å². The van der Waals surface area contributed by atoms with E-state index in [0.717, 1.165) is 9.75 Å². The Hall–Kier alpha value is -1.09. The van der Waals surface area contributed by atoms with Crippen molar-refractivity contribution < 1.29 is 9.53 Å². The first-order valence-electron chi connectivity index (χ1n) is 4.03. The largest absolute Gasteiger partial charge is 0.465 e. The highest BCUT2D eigenvalue weighted by atomic mass is 32.1. The van der Waals surface area contributed by atoms with Gasteiger partial charge >= 0.3 is 5.97 Å². The minimum absolute atomic E-state index is 0.263. The van der Waals surface area contributed by atoms with E-state index < -0.39 is 0 Å². The molecule has 0 atom stereocenters. The molecule has 0 aromatic carbocycles. The normalized spacial score (nSPS) is 13.5. The SMILES string of the molecule is C/C=c1/cc(C(=O)OC)s/c1=C/C. The molecule has 0 radical (unpaired) electrons. The van der Waals surface area contributed by atoms with Gasteiger partial charge in [0.25, 0.3) is 0 Å². The van der Waals surface area contributed by atoms with Crippen molar-refractivity contribution in [1.82, 2.24) is 0 Å². The molecule has 0 saturated carbocycles. The van der Waals surface area contributed by atoms with Crippen molar-refractivity contribution in [2.75, 3.05) is 7.11 Å². The van der Waals surface area contributed by atoms with E-state index >= 15 is 0 Å². The first-order chi connectivity index (χ1) is 6.22. The number of ether oxygens (including phenoxy) is 1. The Morgan fingerprint density at radius 3 is 2.54 bits per heavy atom. The van der Waals surface area contributed by atoms with Gasteiger partial charge in [-0.2, -0.15) is 0 Å². The lowest BCUT2D eigenvalue weighted by molar-refractivity contribution is 0.0606. The van der Waals surface area contributed by atoms with Crippen LogP contribution in [0.3, 0.4) is 0 Å². The molecule has 0 aliphatic heterocycles. The topological polar surface area (TPSA) is 26.3 Å². The fraction of sp³-hybridized carbons (Fsp3) is 0.300. The van der Waals surface area contributed by atoms with Crippen LogP contribution < -0.4 is 9.75 Å². The molecule has 0 N–H and O–H groups in total. The number of carbonyl (C=O) groups excluding carboxylic acids is 1. The zero-order valence-electron chi connectivity index (χ0n) is 7.96. The fourth-order valence-corrected chi connectivity index (χ4v) is 2.07. The second-order valence-corrected chi connectivity index (χ2v) is 3.58. The van der Waals surface area contributed by atoms with Crippen LogP contribution in [0.5, 0.6) is 0 Å². The summed E-state index contributed by atoms with van der Waals surface area (Å²) in [5.41, 5.74) is 0. The molecule has 0 bridgehead atoms. The number of rotatable bonds is 1. The average molecular weight is 196 g/mol. The molecule has 0 saturated heterocycles. The van der Waals surface area contributed by atoms with E-state index in [1.54, 1.807) is 0 Å². The summed E-state index contributed by atoms with van der Waals surface area (Å²) in [6.07, 6.45) is 3.98. The summed E-state index contributed by atoms with van der Waals surface area (Å²) in [6.45, 7) is 3.91. The third kappa shape index (κ3) is 1.98. The smallest absolute Gasteiger partial charge is 0.348 e. The summed E-state index contributed by atoms with van der Waals surface area (Å²) in [4.78, 5) is 11.8. The summed E-state index contributed by atoms with van der Waals surface area (Å²) in [5.74, 6) is -0.263. The van der Waals surface area contributed by atoms with Crippen molar-refractivity contribution in [3.05, 3.63) is 20.7 Å². The van der Waals surface area contributed by atoms with Gasteiger partial charge in [0, 0.05) is 4.53 Å². The molecular weight excluding hydrogens is 184 g/mol. The molecule has 1 aromatic heterocycles. The van der Waals surface area contributed by atoms with Gasteiger partial charge in [0.15, 0.2) is 0 Å². The lowest BCUT2D eigenvalue weighted by Crippen LogP contribution is -2.15. The number of esters is 1. The van der Waals surface area contributed by atoms with E-state index in [0.29, 0.717) is 4.88 Å². The van der Waals surface area contributed by atoms with Crippen LogP contribution in [0.2, 0.25) is 0 Å². The van der Waals surface area contributed by atoms with Crippen molar-refractivity contribution in [2.45, 2.75) is 13.8 Å². The van der Waals surface area contributed by atoms with E-state index in [4.69, 9.17) is 0 Å². The maximum absolute atomic E-state index is 11.2. The minimum atomic E-state index is -0.263. The number of carbonyl (C=O) groups is 1. The third-order valence-electron chi connectivity index (χ3n) is 1.75. The van der Waals surface area contributed by atoms with Crippen LogP contribution in [-0.2, 0) is 4.74 Å². The van der Waals surface area contributed by atoms with Crippen LogP contribution >= 0.6 is 11.3 Å². The van der Waals surface area contributed by atoms with Gasteiger partial charge < -0.3 is 4.74 Å². The number of methoxy groups -OCH3 is 1. The Kier molecular flexibility index (Phi) is 3.25. The van der Waals surface area contributed by atoms with Gasteiger partial charge in [-0.3, -0.25) is 0 Å². The van der Waals surface area contributed by atoms with Gasteiger partial charge in [-0.15, -0.1) is 11.3 Å². The number of hydrogen-bond donors (Lipinski definition) is 0. The summed E-state index contributed by atoms with van der Waals surface area (Å²) in [6, 6.07) is 1.85. The summed E-state index contributed by atoms with van der Waals surface area (Å²) >= 11 is 1.46. The molecule has 0 aliphatic rings. The predicted molar refractivity (Wildman–Crippen MR) is 55.2 cm³/mol. The first kappa shape index (κ1) is 9.99. The van der Waals surface area contributed by atoms with Gasteiger partial charge in [0.1, 0.15) is 4.88 Å². The lowest BCUT2D eigenvalue weighted by atomic mass is 10.3. The van der Waals surface area contributed by atoms with Gasteiger partial charge in [-0.25, -0.2) is 4.79 Å². The van der Waals surface area contributed by atoms with Crippen LogP contribution in [0, 0.1) is 0 Å². The highest BCUT2D eigenvalue weighted by Crippen LogP contribution is 2.01. The molecular formula is C10H12O2S. The van der Waals surface area contributed by atoms with Crippen LogP contribution in [0.1, 0.15) is 23.5 Å². The van der Waals surface area contributed by atoms with Crippen molar-refractivity contribution in [3.63, 3.8) is 0 Å². The first-order valence-corrected chi connectivity index (χ1v) is 4.85. The summed E-state index contributed by atoms with van der Waals surface area (Å²) in [7, 11) is 1.40. The van der Waals surface area contributed by atoms with E-state index in [-0.39, 0.29) is 5.97 Å². The molecule has 1 rings (SSSR count). The van der Waals surface area contributed by atoms with E-state index in [2.05, 4.69) is 4.74 Å². The van der Waals surface area contributed by atoms with Crippen LogP contribution in [0.15, 0.2) is 6.07 Å². The Balaban J connectivity index is 3.32. The summed E-state index contributed by atoms with van der Waals surface area (Å²) < 4.78 is 5.75. The Morgan fingerprint density at radius 1 is 1.46 bits per heavy atom. The van der Waals surface area contributed by atoms with Crippen molar-refractivity contribution in [2.24, 2.45) is 0 Å². The van der Waals surface area contributed by atoms with Gasteiger partial charge in [0.2, 0.25) is 0 Å². The van der Waals surface area contributed by atoms with Crippen LogP contribution in [-0.4, -0.2) is 13.1 Å². The minimum Gasteiger partial charge on any atom is -0.465 e. The maximum Gasteiger partial charge on any atom is 0.348 e. The summed E-state index contributed by atoms with van der Waals surface area (Å²) in [5, 5.41) is 1.09. The zero-order valence-corrected chi connectivity index (χ0v) is 8.77. The molecule has 0 spiro atoms. The average Bonchev–Trinajstić information content (AvgIpc) is 2.59. The standard InChI is InChI=1S/C10H12O2S/c1-4-7-6-9(10(11)12-3)13-8(7)5-2/h4-6H,1-3H3/b7-4-,8-5+. The molecule has 2 nitrogen and oxygen atoms in total. The Morgan fingerprint density at radius 2 is 2.15 bits per heavy atom. The van der Waals surface area contributed by atoms with Gasteiger partial charge in [-0.05, 0) is 25.1 Å². The fourth-order valence-electron chi connectivity index (χ4n) is 1.07. The molecule has 0 amide bonds. The predicted octanol–water partition coefficient (Wildman–Crippen LogP) is 1.14. The molecule has 1 heterocycles. The zero-order chi connectivity index (χ0) is 9.84. The molecule has 0 unspecified atom stereocenters. The second kappa shape index (κ2) is 4.23. The Labute approximate surface area is 81.2 Å². The highest BCUT2D eigenvalue weighted by molar-refractivity contribution is 7.11. The third-order valence-corrected chi connectivity index (χ3v) is 2.95. The maximum atomic E-state index is 11.2. The van der Waals surface area contributed by atoms with E-state index in [9.17, 15) is 4.79 Å². The molecule has 0 aliphatic carbocycles. The van der Waals surface area contributed by atoms with Gasteiger partial charge in [0.05, 0.1) is 7.11 Å². The Bertz CT molecular complexity index is 383. The van der Waals surface area contributed by atoms with Crippen LogP contribution in [0.4, 0.5) is 0 Å². The monoisotopic (exact) mass is 196 g/mol. The highest BCUT2D eigenvalue weighted by Gasteiger charge is 2.06. The van der Waals surface area contributed by atoms with Crippen LogP contribution in [0.25, 0.3) is 12.2 Å².